The molecule has 2 atom stereocenters. The largest absolute Gasteiger partial charge is 0.368 e. The molecule has 0 radical (unpaired) electrons. The van der Waals surface area contributed by atoms with Crippen LogP contribution in [0.1, 0.15) is 49.8 Å². The summed E-state index contributed by atoms with van der Waals surface area (Å²) in [5, 5.41) is 0. The molecule has 2 aliphatic rings. The van der Waals surface area contributed by atoms with E-state index in [9.17, 15) is 0 Å². The van der Waals surface area contributed by atoms with Crippen molar-refractivity contribution in [2.75, 3.05) is 18.8 Å². The van der Waals surface area contributed by atoms with Gasteiger partial charge in [-0.25, -0.2) is 9.97 Å². The second-order valence-corrected chi connectivity index (χ2v) is 5.52. The highest BCUT2D eigenvalue weighted by Crippen LogP contribution is 2.39. The fraction of sp³-hybridized carbons (Fsp3) is 0.714. The Morgan fingerprint density at radius 2 is 2.33 bits per heavy atom. The molecule has 2 unspecified atom stereocenters. The van der Waals surface area contributed by atoms with Crippen LogP contribution < -0.4 is 5.73 Å². The zero-order valence-electron chi connectivity index (χ0n) is 11.1. The van der Waals surface area contributed by atoms with Gasteiger partial charge < -0.3 is 5.73 Å². The number of nitrogens with zero attached hydrogens (tertiary/aromatic N) is 3. The lowest BCUT2D eigenvalue weighted by Crippen LogP contribution is -2.46. The first-order valence-electron chi connectivity index (χ1n) is 7.15. The molecule has 3 rings (SSSR count). The van der Waals surface area contributed by atoms with Crippen LogP contribution in [0, 0.1) is 0 Å². The average Bonchev–Trinajstić information content (AvgIpc) is 2.38. The van der Waals surface area contributed by atoms with Gasteiger partial charge in [-0.2, -0.15) is 0 Å². The fourth-order valence-electron chi connectivity index (χ4n) is 3.67. The summed E-state index contributed by atoms with van der Waals surface area (Å²) in [5.74, 6) is 1.06. The number of aromatic nitrogens is 2. The Kier molecular flexibility index (Phi) is 3.20. The lowest BCUT2D eigenvalue weighted by atomic mass is 9.76. The number of rotatable bonds is 2. The first kappa shape index (κ1) is 11.9. The van der Waals surface area contributed by atoms with Crippen LogP contribution in [0.4, 0.5) is 5.95 Å². The smallest absolute Gasteiger partial charge is 0.220 e. The van der Waals surface area contributed by atoms with E-state index in [4.69, 9.17) is 5.73 Å². The van der Waals surface area contributed by atoms with E-state index < -0.39 is 0 Å². The van der Waals surface area contributed by atoms with E-state index >= 15 is 0 Å². The van der Waals surface area contributed by atoms with Gasteiger partial charge in [0.15, 0.2) is 0 Å². The Morgan fingerprint density at radius 1 is 1.44 bits per heavy atom. The molecule has 2 N–H and O–H groups in total. The zero-order chi connectivity index (χ0) is 12.5. The maximum atomic E-state index is 5.69. The number of hydrogen-bond donors (Lipinski definition) is 1. The maximum Gasteiger partial charge on any atom is 0.220 e. The van der Waals surface area contributed by atoms with E-state index in [0.717, 1.165) is 6.42 Å². The van der Waals surface area contributed by atoms with Gasteiger partial charge in [0.2, 0.25) is 5.95 Å². The monoisotopic (exact) mass is 246 g/mol. The minimum Gasteiger partial charge on any atom is -0.368 e. The minimum absolute atomic E-state index is 0.424. The summed E-state index contributed by atoms with van der Waals surface area (Å²) >= 11 is 0. The molecule has 0 amide bonds. The predicted molar refractivity (Wildman–Crippen MR) is 72.4 cm³/mol. The molecule has 4 nitrogen and oxygen atoms in total. The molecule has 1 aromatic rings. The zero-order valence-corrected chi connectivity index (χ0v) is 11.1. The van der Waals surface area contributed by atoms with Crippen LogP contribution >= 0.6 is 0 Å². The van der Waals surface area contributed by atoms with Gasteiger partial charge in [0.05, 0.1) is 0 Å². The highest BCUT2D eigenvalue weighted by Gasteiger charge is 2.36. The van der Waals surface area contributed by atoms with Crippen molar-refractivity contribution in [1.29, 1.82) is 0 Å². The molecule has 0 bridgehead atoms. The molecule has 1 aliphatic heterocycles. The minimum atomic E-state index is 0.424. The van der Waals surface area contributed by atoms with Gasteiger partial charge in [0.1, 0.15) is 0 Å². The van der Waals surface area contributed by atoms with Gasteiger partial charge >= 0.3 is 0 Å². The van der Waals surface area contributed by atoms with Crippen LogP contribution in [0.25, 0.3) is 0 Å². The van der Waals surface area contributed by atoms with Crippen molar-refractivity contribution in [1.82, 2.24) is 14.9 Å². The molecule has 1 saturated heterocycles. The molecular weight excluding hydrogens is 224 g/mol. The Labute approximate surface area is 109 Å². The van der Waals surface area contributed by atoms with Crippen LogP contribution in [-0.2, 0) is 6.42 Å². The number of piperidine rings is 1. The number of hydrogen-bond acceptors (Lipinski definition) is 4. The molecule has 0 saturated carbocycles. The maximum absolute atomic E-state index is 5.69. The van der Waals surface area contributed by atoms with Gasteiger partial charge in [-0.1, -0.05) is 6.92 Å². The summed E-state index contributed by atoms with van der Waals surface area (Å²) in [6, 6.07) is 0.707. The van der Waals surface area contributed by atoms with Crippen LogP contribution in [0.15, 0.2) is 6.20 Å². The van der Waals surface area contributed by atoms with Gasteiger partial charge in [0.25, 0.3) is 0 Å². The van der Waals surface area contributed by atoms with Crippen molar-refractivity contribution >= 4 is 5.95 Å². The first-order valence-corrected chi connectivity index (χ1v) is 7.15. The van der Waals surface area contributed by atoms with Crippen molar-refractivity contribution in [3.63, 3.8) is 0 Å². The average molecular weight is 246 g/mol. The lowest BCUT2D eigenvalue weighted by Gasteiger charge is -2.44. The van der Waals surface area contributed by atoms with Gasteiger partial charge in [-0.3, -0.25) is 4.90 Å². The van der Waals surface area contributed by atoms with Gasteiger partial charge in [0, 0.05) is 23.9 Å². The van der Waals surface area contributed by atoms with E-state index in [-0.39, 0.29) is 0 Å². The first-order chi connectivity index (χ1) is 8.79. The molecule has 98 valence electrons. The van der Waals surface area contributed by atoms with Crippen molar-refractivity contribution in [2.45, 2.75) is 51.0 Å². The predicted octanol–water partition coefficient (Wildman–Crippen LogP) is 1.96. The Bertz CT molecular complexity index is 430. The number of nitrogen functional groups attached to an aromatic ring is 1. The Balaban J connectivity index is 1.89. The quantitative estimate of drug-likeness (QED) is 0.866. The third kappa shape index (κ3) is 1.99. The second kappa shape index (κ2) is 4.84. The number of anilines is 1. The summed E-state index contributed by atoms with van der Waals surface area (Å²) in [4.78, 5) is 11.3. The molecule has 1 aromatic heterocycles. The summed E-state index contributed by atoms with van der Waals surface area (Å²) in [7, 11) is 0. The van der Waals surface area contributed by atoms with Crippen LogP contribution in [-0.4, -0.2) is 34.0 Å². The Morgan fingerprint density at radius 3 is 3.17 bits per heavy atom. The number of aryl methyl sites for hydroxylation is 1. The van der Waals surface area contributed by atoms with Crippen LogP contribution in [0.2, 0.25) is 0 Å². The summed E-state index contributed by atoms with van der Waals surface area (Å²) < 4.78 is 0. The van der Waals surface area contributed by atoms with Gasteiger partial charge in [-0.15, -0.1) is 0 Å². The van der Waals surface area contributed by atoms with Crippen molar-refractivity contribution < 1.29 is 0 Å². The third-order valence-electron chi connectivity index (χ3n) is 4.40. The topological polar surface area (TPSA) is 55.0 Å². The fourth-order valence-corrected chi connectivity index (χ4v) is 3.67. The molecular formula is C14H22N4. The second-order valence-electron chi connectivity index (χ2n) is 5.52. The molecule has 2 heterocycles. The molecule has 1 aliphatic carbocycles. The van der Waals surface area contributed by atoms with Crippen molar-refractivity contribution in [3.8, 4) is 0 Å². The van der Waals surface area contributed by atoms with E-state index in [1.165, 1.54) is 50.0 Å². The normalized spacial score (nSPS) is 27.6. The number of nitrogens with two attached hydrogens (primary N) is 1. The highest BCUT2D eigenvalue weighted by atomic mass is 15.2. The number of fused-ring (bicyclic) bond motifs is 3. The molecule has 0 spiro atoms. The summed E-state index contributed by atoms with van der Waals surface area (Å²) in [5.41, 5.74) is 8.25. The standard InChI is InChI=1S/C14H22N4/c1-2-7-18-8-3-4-10-11-9-16-14(15)17-12(11)5-6-13(10)18/h9-10,13H,2-8H2,1H3,(H2,15,16,17). The van der Waals surface area contributed by atoms with Crippen molar-refractivity contribution in [2.24, 2.45) is 0 Å². The SMILES string of the molecule is CCCN1CCCC2c3cnc(N)nc3CCC21. The molecule has 0 aromatic carbocycles. The Hall–Kier alpha value is -1.16. The summed E-state index contributed by atoms with van der Waals surface area (Å²) in [6.45, 7) is 4.76. The number of likely N-dealkylation sites (tertiary alicyclic amines) is 1. The highest BCUT2D eigenvalue weighted by molar-refractivity contribution is 5.32. The lowest BCUT2D eigenvalue weighted by molar-refractivity contribution is 0.112. The van der Waals surface area contributed by atoms with E-state index in [2.05, 4.69) is 21.8 Å². The van der Waals surface area contributed by atoms with E-state index in [1.54, 1.807) is 0 Å². The van der Waals surface area contributed by atoms with Gasteiger partial charge in [-0.05, 0) is 50.8 Å². The molecule has 4 heteroatoms. The summed E-state index contributed by atoms with van der Waals surface area (Å²) in [6.07, 6.45) is 8.09. The van der Waals surface area contributed by atoms with Crippen LogP contribution in [0.3, 0.4) is 0 Å². The van der Waals surface area contributed by atoms with E-state index in [0.29, 0.717) is 17.9 Å². The van der Waals surface area contributed by atoms with Crippen LogP contribution in [0.5, 0.6) is 0 Å². The van der Waals surface area contributed by atoms with Crippen molar-refractivity contribution in [3.05, 3.63) is 17.5 Å². The molecule has 18 heavy (non-hydrogen) atoms. The third-order valence-corrected chi connectivity index (χ3v) is 4.40. The van der Waals surface area contributed by atoms with E-state index in [1.807, 2.05) is 6.20 Å². The molecule has 1 fully saturated rings.